The van der Waals surface area contributed by atoms with E-state index in [4.69, 9.17) is 14.2 Å². The Morgan fingerprint density at radius 3 is 1.50 bits per heavy atom. The average molecular weight is 692 g/mol. The molecular weight excluding hydrogens is 652 g/mol. The van der Waals surface area contributed by atoms with E-state index in [1.165, 1.54) is 54.6 Å². The molecule has 0 radical (unpaired) electrons. The van der Waals surface area contributed by atoms with Gasteiger partial charge < -0.3 is 19.1 Å². The van der Waals surface area contributed by atoms with Crippen LogP contribution in [0.1, 0.15) is 42.0 Å². The van der Waals surface area contributed by atoms with E-state index in [0.29, 0.717) is 17.2 Å². The van der Waals surface area contributed by atoms with E-state index < -0.39 is 0 Å². The molecule has 6 aromatic carbocycles. The minimum Gasteiger partial charge on any atom is -0.456 e. The lowest BCUT2D eigenvalue weighted by Crippen LogP contribution is -2.24. The lowest BCUT2D eigenvalue weighted by Gasteiger charge is -2.36. The molecule has 6 aromatic rings. The maximum absolute atomic E-state index is 7.31. The number of nitrogens with zero attached hydrogens (tertiary/aromatic N) is 1. The van der Waals surface area contributed by atoms with Gasteiger partial charge >= 0.3 is 0 Å². The van der Waals surface area contributed by atoms with Gasteiger partial charge in [0.1, 0.15) is 23.0 Å². The number of fused-ring (bicyclic) bond motifs is 6. The van der Waals surface area contributed by atoms with Crippen LogP contribution in [0.4, 0.5) is 11.4 Å². The Kier molecular flexibility index (Phi) is 7.72. The van der Waals surface area contributed by atoms with E-state index in [-0.39, 0.29) is 0 Å². The van der Waals surface area contributed by atoms with Crippen molar-refractivity contribution < 1.29 is 14.2 Å². The second-order valence-electron chi connectivity index (χ2n) is 13.6. The summed E-state index contributed by atoms with van der Waals surface area (Å²) in [5, 5.41) is 4.96. The largest absolute Gasteiger partial charge is 0.456 e. The van der Waals surface area contributed by atoms with Gasteiger partial charge in [-0.3, -0.25) is 0 Å². The monoisotopic (exact) mass is 691 g/mol. The number of para-hydroxylation sites is 2. The first-order valence-corrected chi connectivity index (χ1v) is 19.5. The van der Waals surface area contributed by atoms with Gasteiger partial charge in [-0.2, -0.15) is 0 Å². The van der Waals surface area contributed by atoms with Crippen molar-refractivity contribution in [2.75, 3.05) is 11.4 Å². The van der Waals surface area contributed by atoms with Crippen LogP contribution in [0.5, 0.6) is 34.5 Å². The van der Waals surface area contributed by atoms with Gasteiger partial charge in [0, 0.05) is 38.9 Å². The molecule has 4 nitrogen and oxygen atoms in total. The summed E-state index contributed by atoms with van der Waals surface area (Å²) in [5.74, 6) is 5.58. The zero-order valence-electron chi connectivity index (χ0n) is 29.0. The fourth-order valence-corrected chi connectivity index (χ4v) is 10.6. The molecule has 0 spiro atoms. The Labute approximate surface area is 298 Å². The number of hydrogen-bond acceptors (Lipinski definition) is 4. The standard InChI is InChI=1S/C44H39NO3P2/c1-6-7-22-45-31-12-8-10-29(39-27(4)16-20-35-43(39)49-37-23-25(2)14-18-33(37)46-35)41(31)48-42-30(11-9-13-32(42)45)40-28(5)17-21-36-44(40)50-38-24-26(3)15-19-34(38)47-36/h8-21,23-24,49-50H,6-7,22H2,1-5H3. The molecule has 0 saturated heterocycles. The van der Waals surface area contributed by atoms with Crippen molar-refractivity contribution >= 4 is 49.8 Å². The molecule has 3 heterocycles. The predicted molar refractivity (Wildman–Crippen MR) is 213 cm³/mol. The molecular formula is C44H39NO3P2. The van der Waals surface area contributed by atoms with Crippen molar-refractivity contribution in [1.82, 2.24) is 0 Å². The molecule has 6 heteroatoms. The van der Waals surface area contributed by atoms with Crippen LogP contribution in [-0.2, 0) is 0 Å². The summed E-state index contributed by atoms with van der Waals surface area (Å²) in [6.07, 6.45) is 2.18. The van der Waals surface area contributed by atoms with Gasteiger partial charge in [0.05, 0.1) is 11.4 Å². The number of rotatable bonds is 5. The first kappa shape index (κ1) is 31.4. The first-order chi connectivity index (χ1) is 24.4. The van der Waals surface area contributed by atoms with Crippen molar-refractivity contribution in [2.24, 2.45) is 0 Å². The van der Waals surface area contributed by atoms with E-state index in [2.05, 4.69) is 137 Å². The molecule has 0 fully saturated rings. The van der Waals surface area contributed by atoms with E-state index >= 15 is 0 Å². The zero-order chi connectivity index (χ0) is 34.1. The fraction of sp³-hybridized carbons (Fsp3) is 0.182. The van der Waals surface area contributed by atoms with Gasteiger partial charge in [0.2, 0.25) is 0 Å². The minimum absolute atomic E-state index is 0.485. The lowest BCUT2D eigenvalue weighted by molar-refractivity contribution is 0.475. The zero-order valence-corrected chi connectivity index (χ0v) is 31.0. The Morgan fingerprint density at radius 2 is 1.02 bits per heavy atom. The van der Waals surface area contributed by atoms with Crippen molar-refractivity contribution in [1.29, 1.82) is 0 Å². The molecule has 0 saturated carbocycles. The summed E-state index contributed by atoms with van der Waals surface area (Å²) in [5.41, 5.74) is 11.8. The average Bonchev–Trinajstić information content (AvgIpc) is 3.11. The molecule has 3 aliphatic rings. The third kappa shape index (κ3) is 5.12. The molecule has 3 aliphatic heterocycles. The lowest BCUT2D eigenvalue weighted by atomic mass is 9.95. The molecule has 2 atom stereocenters. The maximum Gasteiger partial charge on any atom is 0.159 e. The van der Waals surface area contributed by atoms with Gasteiger partial charge in [-0.05, 0) is 105 Å². The summed E-state index contributed by atoms with van der Waals surface area (Å²) in [7, 11) is 0.970. The SMILES string of the molecule is CCCCN1c2cccc(-c3c(C)ccc4c3Pc3cc(C)ccc3O4)c2Oc2c(-c3c(C)ccc4c3Pc3cc(C)ccc3O4)cccc21. The second-order valence-corrected chi connectivity index (χ2v) is 16.2. The van der Waals surface area contributed by atoms with Gasteiger partial charge in [0.15, 0.2) is 11.5 Å². The van der Waals surface area contributed by atoms with E-state index in [1.54, 1.807) is 0 Å². The number of anilines is 2. The molecule has 0 aromatic heterocycles. The van der Waals surface area contributed by atoms with Crippen molar-refractivity contribution in [2.45, 2.75) is 47.5 Å². The Balaban J connectivity index is 1.22. The molecule has 50 heavy (non-hydrogen) atoms. The molecule has 9 rings (SSSR count). The van der Waals surface area contributed by atoms with Crippen LogP contribution in [0.3, 0.4) is 0 Å². The number of aryl methyl sites for hydroxylation is 4. The van der Waals surface area contributed by atoms with Crippen LogP contribution in [-0.4, -0.2) is 6.54 Å². The van der Waals surface area contributed by atoms with Crippen LogP contribution in [0, 0.1) is 27.7 Å². The highest BCUT2D eigenvalue weighted by Crippen LogP contribution is 2.55. The third-order valence-corrected chi connectivity index (χ3v) is 12.8. The van der Waals surface area contributed by atoms with Crippen LogP contribution in [0.25, 0.3) is 22.3 Å². The third-order valence-electron chi connectivity index (χ3n) is 10.0. The minimum atomic E-state index is 0.485. The summed E-state index contributed by atoms with van der Waals surface area (Å²) in [6, 6.07) is 34.9. The topological polar surface area (TPSA) is 30.9 Å². The summed E-state index contributed by atoms with van der Waals surface area (Å²) >= 11 is 0. The molecule has 0 bridgehead atoms. The highest BCUT2D eigenvalue weighted by molar-refractivity contribution is 7.57. The highest BCUT2D eigenvalue weighted by Gasteiger charge is 2.33. The van der Waals surface area contributed by atoms with Crippen LogP contribution >= 0.6 is 17.2 Å². The second kappa shape index (κ2) is 12.3. The molecule has 0 aliphatic carbocycles. The summed E-state index contributed by atoms with van der Waals surface area (Å²) in [6.45, 7) is 11.9. The number of hydrogen-bond donors (Lipinski definition) is 0. The Hall–Kier alpha value is -4.62. The van der Waals surface area contributed by atoms with Crippen molar-refractivity contribution in [3.05, 3.63) is 119 Å². The van der Waals surface area contributed by atoms with Crippen LogP contribution in [0.15, 0.2) is 97.1 Å². The van der Waals surface area contributed by atoms with Crippen LogP contribution < -0.4 is 40.3 Å². The fourth-order valence-electron chi connectivity index (χ4n) is 7.53. The van der Waals surface area contributed by atoms with E-state index in [1.807, 2.05) is 0 Å². The molecule has 0 N–H and O–H groups in total. The number of ether oxygens (including phenoxy) is 3. The predicted octanol–water partition coefficient (Wildman–Crippen LogP) is 10.8. The quantitative estimate of drug-likeness (QED) is 0.168. The number of benzene rings is 6. The smallest absolute Gasteiger partial charge is 0.159 e. The highest BCUT2D eigenvalue weighted by atomic mass is 31.1. The van der Waals surface area contributed by atoms with Crippen molar-refractivity contribution in [3.63, 3.8) is 0 Å². The normalized spacial score (nSPS) is 14.4. The first-order valence-electron chi connectivity index (χ1n) is 17.5. The molecule has 248 valence electrons. The van der Waals surface area contributed by atoms with Crippen LogP contribution in [0.2, 0.25) is 0 Å². The summed E-state index contributed by atoms with van der Waals surface area (Å²) in [4.78, 5) is 2.48. The van der Waals surface area contributed by atoms with E-state index in [9.17, 15) is 0 Å². The summed E-state index contributed by atoms with van der Waals surface area (Å²) < 4.78 is 20.4. The van der Waals surface area contributed by atoms with Gasteiger partial charge in [-0.1, -0.05) is 90.2 Å². The van der Waals surface area contributed by atoms with Gasteiger partial charge in [-0.15, -0.1) is 0 Å². The Bertz CT molecular complexity index is 2200. The molecule has 0 amide bonds. The van der Waals surface area contributed by atoms with Crippen molar-refractivity contribution in [3.8, 4) is 56.8 Å². The Morgan fingerprint density at radius 1 is 0.540 bits per heavy atom. The van der Waals surface area contributed by atoms with Gasteiger partial charge in [-0.25, -0.2) is 0 Å². The molecule has 2 unspecified atom stereocenters. The van der Waals surface area contributed by atoms with Gasteiger partial charge in [0.25, 0.3) is 0 Å². The maximum atomic E-state index is 7.31. The number of unbranched alkanes of at least 4 members (excludes halogenated alkanes) is 1. The van der Waals surface area contributed by atoms with E-state index in [0.717, 1.165) is 76.4 Å².